The molecule has 4 atom stereocenters. The van der Waals surface area contributed by atoms with Gasteiger partial charge in [0, 0.05) is 38.1 Å². The number of aliphatic hydroxyl groups is 1. The number of nitriles is 1. The van der Waals surface area contributed by atoms with Crippen LogP contribution in [0.1, 0.15) is 48.4 Å². The van der Waals surface area contributed by atoms with Gasteiger partial charge in [-0.15, -0.1) is 0 Å². The van der Waals surface area contributed by atoms with E-state index >= 15 is 0 Å². The quantitative estimate of drug-likeness (QED) is 0.465. The fraction of sp³-hybridized carbons (Fsp3) is 0.412. The Kier molecular flexibility index (Phi) is 7.10. The molecule has 0 radical (unpaired) electrons. The van der Waals surface area contributed by atoms with Gasteiger partial charge < -0.3 is 29.0 Å². The van der Waals surface area contributed by atoms with Crippen molar-refractivity contribution >= 4 is 5.91 Å². The van der Waals surface area contributed by atoms with E-state index in [0.29, 0.717) is 45.8 Å². The summed E-state index contributed by atoms with van der Waals surface area (Å²) in [4.78, 5) is 12.6. The third kappa shape index (κ3) is 4.35. The first-order valence-corrected chi connectivity index (χ1v) is 14.4. The second-order valence-corrected chi connectivity index (χ2v) is 12.1. The van der Waals surface area contributed by atoms with Crippen LogP contribution in [0.4, 0.5) is 4.39 Å². The summed E-state index contributed by atoms with van der Waals surface area (Å²) >= 11 is 0. The van der Waals surface area contributed by atoms with E-state index in [1.807, 2.05) is 30.0 Å². The van der Waals surface area contributed by atoms with E-state index < -0.39 is 11.2 Å². The Morgan fingerprint density at radius 2 is 1.81 bits per heavy atom. The van der Waals surface area contributed by atoms with Crippen LogP contribution in [-0.4, -0.2) is 56.4 Å². The molecule has 224 valence electrons. The lowest BCUT2D eigenvalue weighted by molar-refractivity contribution is -0.193. The number of ether oxygens (including phenoxy) is 4. The molecule has 0 bridgehead atoms. The Labute approximate surface area is 250 Å². The maximum Gasteiger partial charge on any atom is 0.219 e. The van der Waals surface area contributed by atoms with E-state index in [2.05, 4.69) is 6.07 Å². The molecular weight excluding hydrogens is 551 g/mol. The Morgan fingerprint density at radius 1 is 1.09 bits per heavy atom. The molecule has 8 nitrogen and oxygen atoms in total. The molecule has 3 aromatic rings. The van der Waals surface area contributed by atoms with Crippen molar-refractivity contribution in [2.24, 2.45) is 11.3 Å². The van der Waals surface area contributed by atoms with Crippen LogP contribution in [0.2, 0.25) is 0 Å². The number of carbonyl (C=O) groups is 1. The fourth-order valence-electron chi connectivity index (χ4n) is 7.30. The van der Waals surface area contributed by atoms with Crippen LogP contribution in [-0.2, 0) is 20.7 Å². The molecule has 3 aliphatic heterocycles. The van der Waals surface area contributed by atoms with Crippen LogP contribution < -0.4 is 14.2 Å². The van der Waals surface area contributed by atoms with Crippen molar-refractivity contribution in [2.75, 3.05) is 40.5 Å². The Morgan fingerprint density at radius 3 is 2.37 bits per heavy atom. The van der Waals surface area contributed by atoms with Crippen LogP contribution in [0.25, 0.3) is 0 Å². The molecule has 3 aromatic carbocycles. The molecule has 1 N–H and O–H groups in total. The first kappa shape index (κ1) is 29.0. The summed E-state index contributed by atoms with van der Waals surface area (Å²) in [6, 6.07) is 19.1. The van der Waals surface area contributed by atoms with Gasteiger partial charge in [-0.3, -0.25) is 4.79 Å². The molecule has 0 aromatic heterocycles. The molecular formula is C34H35FN2O6. The zero-order valence-electron chi connectivity index (χ0n) is 24.7. The Hall–Kier alpha value is -4.13. The summed E-state index contributed by atoms with van der Waals surface area (Å²) in [5, 5.41) is 21.9. The molecule has 4 unspecified atom stereocenters. The molecule has 2 saturated heterocycles. The van der Waals surface area contributed by atoms with E-state index in [-0.39, 0.29) is 23.6 Å². The van der Waals surface area contributed by atoms with Crippen molar-refractivity contribution in [1.29, 1.82) is 5.26 Å². The van der Waals surface area contributed by atoms with E-state index in [1.54, 1.807) is 51.5 Å². The zero-order chi connectivity index (χ0) is 30.6. The Balaban J connectivity index is 0.000000277. The number of hydrogen-bond donors (Lipinski definition) is 1. The number of rotatable bonds is 4. The molecule has 1 saturated carbocycles. The van der Waals surface area contributed by atoms with E-state index in [4.69, 9.17) is 18.9 Å². The van der Waals surface area contributed by atoms with Crippen molar-refractivity contribution in [3.63, 3.8) is 0 Å². The minimum Gasteiger partial charge on any atom is -0.496 e. The highest BCUT2D eigenvalue weighted by molar-refractivity contribution is 5.74. The molecule has 3 heterocycles. The number of fused-ring (bicyclic) bond motifs is 3. The number of benzene rings is 3. The summed E-state index contributed by atoms with van der Waals surface area (Å²) in [5.41, 5.74) is 0.163. The van der Waals surface area contributed by atoms with Crippen LogP contribution in [0.5, 0.6) is 17.2 Å². The number of likely N-dealkylation sites (tertiary alicyclic amines) is 1. The highest BCUT2D eigenvalue weighted by Crippen LogP contribution is 2.70. The standard InChI is InChI=1S/C27H24FNO4.C7H11NO2/c1-16-11-22(18-5-4-6-20(28)12-18)27(19-9-7-17(15-29)8-10-19)26(16,30)25-23(32-3)13-21(31-2)14-24(25)33-27;1-6(9)8-2-7(3-8)4-10-5-7/h4-10,12-14,16,22,30H,11H2,1-3H3;2-5H2,1H3. The van der Waals surface area contributed by atoms with Gasteiger partial charge in [-0.05, 0) is 47.7 Å². The van der Waals surface area contributed by atoms with Crippen LogP contribution in [0, 0.1) is 28.5 Å². The van der Waals surface area contributed by atoms with Gasteiger partial charge >= 0.3 is 0 Å². The summed E-state index contributed by atoms with van der Waals surface area (Å²) in [5.74, 6) is 0.714. The number of halogens is 1. The molecule has 43 heavy (non-hydrogen) atoms. The summed E-state index contributed by atoms with van der Waals surface area (Å²) in [7, 11) is 3.10. The highest BCUT2D eigenvalue weighted by atomic mass is 19.1. The first-order valence-electron chi connectivity index (χ1n) is 14.4. The lowest BCUT2D eigenvalue weighted by Gasteiger charge is -2.54. The molecule has 7 rings (SSSR count). The summed E-state index contributed by atoms with van der Waals surface area (Å²) < 4.78 is 37.2. The van der Waals surface area contributed by atoms with Crippen molar-refractivity contribution in [3.05, 3.63) is 88.7 Å². The van der Waals surface area contributed by atoms with Crippen LogP contribution in [0.15, 0.2) is 60.7 Å². The van der Waals surface area contributed by atoms with Crippen molar-refractivity contribution in [2.45, 2.75) is 37.4 Å². The molecule has 3 fully saturated rings. The van der Waals surface area contributed by atoms with Gasteiger partial charge in [0.05, 0.1) is 50.0 Å². The predicted octanol–water partition coefficient (Wildman–Crippen LogP) is 4.88. The fourth-order valence-corrected chi connectivity index (χ4v) is 7.30. The maximum absolute atomic E-state index is 14.3. The van der Waals surface area contributed by atoms with Gasteiger partial charge in [0.1, 0.15) is 28.7 Å². The van der Waals surface area contributed by atoms with Crippen LogP contribution in [0.3, 0.4) is 0 Å². The van der Waals surface area contributed by atoms with Gasteiger partial charge in [-0.25, -0.2) is 4.39 Å². The van der Waals surface area contributed by atoms with E-state index in [0.717, 1.165) is 31.9 Å². The highest BCUT2D eigenvalue weighted by Gasteiger charge is 2.72. The number of amides is 1. The van der Waals surface area contributed by atoms with Crippen molar-refractivity contribution in [1.82, 2.24) is 4.90 Å². The summed E-state index contributed by atoms with van der Waals surface area (Å²) in [6.45, 7) is 7.14. The molecule has 1 amide bonds. The topological polar surface area (TPSA) is 101 Å². The monoisotopic (exact) mass is 586 g/mol. The van der Waals surface area contributed by atoms with Gasteiger partial charge in [-0.1, -0.05) is 31.2 Å². The minimum atomic E-state index is -1.47. The maximum atomic E-state index is 14.3. The van der Waals surface area contributed by atoms with Crippen molar-refractivity contribution < 1.29 is 33.2 Å². The number of hydrogen-bond acceptors (Lipinski definition) is 7. The second kappa shape index (κ2) is 10.5. The van der Waals surface area contributed by atoms with Gasteiger partial charge in [0.25, 0.3) is 0 Å². The average Bonchev–Trinajstić information content (AvgIpc) is 3.36. The lowest BCUT2D eigenvalue weighted by atomic mass is 9.70. The van der Waals surface area contributed by atoms with Gasteiger partial charge in [0.15, 0.2) is 5.60 Å². The SMILES string of the molecule is CC(=O)N1CC2(COC2)C1.COc1cc(OC)c2c(c1)OC1(c3ccc(C#N)cc3)C(c3cccc(F)c3)CC(C)C21O. The number of carbonyl (C=O) groups excluding carboxylic acids is 1. The first-order chi connectivity index (χ1) is 20.6. The van der Waals surface area contributed by atoms with Gasteiger partial charge in [-0.2, -0.15) is 5.26 Å². The summed E-state index contributed by atoms with van der Waals surface area (Å²) in [6.07, 6.45) is 0.564. The predicted molar refractivity (Wildman–Crippen MR) is 155 cm³/mol. The normalized spacial score (nSPS) is 27.3. The largest absolute Gasteiger partial charge is 0.496 e. The van der Waals surface area contributed by atoms with E-state index in [1.165, 1.54) is 12.1 Å². The smallest absolute Gasteiger partial charge is 0.219 e. The molecule has 1 aliphatic carbocycles. The number of methoxy groups -OCH3 is 2. The Bertz CT molecular complexity index is 1590. The molecule has 1 spiro atoms. The zero-order valence-corrected chi connectivity index (χ0v) is 24.7. The van der Waals surface area contributed by atoms with Crippen molar-refractivity contribution in [3.8, 4) is 23.3 Å². The third-order valence-electron chi connectivity index (χ3n) is 9.51. The van der Waals surface area contributed by atoms with E-state index in [9.17, 15) is 19.6 Å². The lowest BCUT2D eigenvalue weighted by Crippen LogP contribution is -2.66. The second-order valence-electron chi connectivity index (χ2n) is 12.1. The molecule has 4 aliphatic rings. The molecule has 9 heteroatoms. The minimum absolute atomic E-state index is 0.192. The van der Waals surface area contributed by atoms with Gasteiger partial charge in [0.2, 0.25) is 5.91 Å². The third-order valence-corrected chi connectivity index (χ3v) is 9.51. The van der Waals surface area contributed by atoms with Crippen LogP contribution >= 0.6 is 0 Å². The average molecular weight is 587 g/mol. The number of nitrogens with zero attached hydrogens (tertiary/aromatic N) is 2.